The number of halogens is 3. The average molecular weight is 584 g/mol. The van der Waals surface area contributed by atoms with Crippen molar-refractivity contribution in [1.29, 1.82) is 0 Å². The van der Waals surface area contributed by atoms with E-state index in [2.05, 4.69) is 30.0 Å². The number of thiophene rings is 1. The summed E-state index contributed by atoms with van der Waals surface area (Å²) in [6, 6.07) is 4.28. The van der Waals surface area contributed by atoms with Crippen LogP contribution in [0.5, 0.6) is 0 Å². The van der Waals surface area contributed by atoms with Crippen LogP contribution in [-0.4, -0.2) is 74.7 Å². The van der Waals surface area contributed by atoms with E-state index in [0.29, 0.717) is 43.2 Å². The van der Waals surface area contributed by atoms with Gasteiger partial charge in [-0.1, -0.05) is 0 Å². The molecule has 4 aromatic rings. The number of likely N-dealkylation sites (N-methyl/N-ethyl adjacent to an activating group) is 1. The summed E-state index contributed by atoms with van der Waals surface area (Å²) in [5.41, 5.74) is 3.34. The summed E-state index contributed by atoms with van der Waals surface area (Å²) in [5.74, 6) is -0.371. The molecule has 0 unspecified atom stereocenters. The van der Waals surface area contributed by atoms with Crippen LogP contribution in [0.2, 0.25) is 0 Å². The van der Waals surface area contributed by atoms with Gasteiger partial charge in [-0.2, -0.15) is 13.2 Å². The number of rotatable bonds is 7. The first kappa shape index (κ1) is 27.8. The number of imidazole rings is 1. The Kier molecular flexibility index (Phi) is 7.58. The molecular weight excluding hydrogens is 551 g/mol. The minimum absolute atomic E-state index is 0.169. The molecule has 2 aliphatic rings. The van der Waals surface area contributed by atoms with Gasteiger partial charge in [0.1, 0.15) is 0 Å². The van der Waals surface area contributed by atoms with E-state index >= 15 is 0 Å². The Bertz CT molecular complexity index is 1560. The molecule has 2 aliphatic heterocycles. The lowest BCUT2D eigenvalue weighted by atomic mass is 10.0. The van der Waals surface area contributed by atoms with Gasteiger partial charge in [0, 0.05) is 73.6 Å². The van der Waals surface area contributed by atoms with E-state index < -0.39 is 11.7 Å². The third-order valence-electron chi connectivity index (χ3n) is 8.01. The zero-order valence-electron chi connectivity index (χ0n) is 23.0. The largest absolute Gasteiger partial charge is 0.416 e. The van der Waals surface area contributed by atoms with Crippen molar-refractivity contribution in [3.63, 3.8) is 0 Å². The number of likely N-dealkylation sites (tertiary alicyclic amines) is 1. The molecule has 0 aliphatic carbocycles. The summed E-state index contributed by atoms with van der Waals surface area (Å²) in [6.45, 7) is 4.21. The maximum Gasteiger partial charge on any atom is 0.416 e. The molecule has 1 amide bonds. The molecule has 0 radical (unpaired) electrons. The number of carbonyl (C=O) groups excluding carboxylic acids is 1. The molecule has 5 heterocycles. The molecule has 1 atom stereocenters. The maximum atomic E-state index is 13.8. The Balaban J connectivity index is 1.16. The highest BCUT2D eigenvalue weighted by molar-refractivity contribution is 7.10. The quantitative estimate of drug-likeness (QED) is 0.339. The number of hydrogen-bond acceptors (Lipinski definition) is 7. The molecule has 0 bridgehead atoms. The summed E-state index contributed by atoms with van der Waals surface area (Å²) in [7, 11) is 4.04. The fraction of sp³-hybridized carbons (Fsp3) is 0.414. The molecule has 1 saturated heterocycles. The topological polar surface area (TPSA) is 69.0 Å². The van der Waals surface area contributed by atoms with E-state index in [1.165, 1.54) is 17.4 Å². The van der Waals surface area contributed by atoms with Crippen LogP contribution in [0.1, 0.15) is 44.0 Å². The second kappa shape index (κ2) is 11.2. The van der Waals surface area contributed by atoms with Crippen LogP contribution in [0.15, 0.2) is 48.4 Å². The maximum absolute atomic E-state index is 13.8. The summed E-state index contributed by atoms with van der Waals surface area (Å²) >= 11 is 1.52. The zero-order valence-corrected chi connectivity index (χ0v) is 23.8. The molecule has 216 valence electrons. The van der Waals surface area contributed by atoms with Crippen molar-refractivity contribution in [3.8, 4) is 0 Å². The van der Waals surface area contributed by atoms with E-state index in [1.807, 2.05) is 36.3 Å². The third kappa shape index (κ3) is 6.01. The molecule has 1 aromatic carbocycles. The van der Waals surface area contributed by atoms with E-state index in [-0.39, 0.29) is 11.6 Å². The molecule has 1 fully saturated rings. The number of amides is 1. The van der Waals surface area contributed by atoms with Gasteiger partial charge in [0.15, 0.2) is 5.65 Å². The number of benzene rings is 1. The van der Waals surface area contributed by atoms with Crippen LogP contribution < -0.4 is 5.32 Å². The number of anilines is 1. The summed E-state index contributed by atoms with van der Waals surface area (Å²) in [5, 5.41) is 4.60. The van der Waals surface area contributed by atoms with E-state index in [4.69, 9.17) is 0 Å². The van der Waals surface area contributed by atoms with Crippen molar-refractivity contribution in [2.75, 3.05) is 39.0 Å². The lowest BCUT2D eigenvalue weighted by Gasteiger charge is -2.27. The van der Waals surface area contributed by atoms with Gasteiger partial charge in [0.25, 0.3) is 5.91 Å². The van der Waals surface area contributed by atoms with Gasteiger partial charge in [0.05, 0.1) is 29.2 Å². The third-order valence-corrected chi connectivity index (χ3v) is 9.03. The number of carbonyl (C=O) groups is 1. The highest BCUT2D eigenvalue weighted by Gasteiger charge is 2.32. The molecule has 3 aromatic heterocycles. The minimum atomic E-state index is -4.50. The van der Waals surface area contributed by atoms with Gasteiger partial charge in [-0.15, -0.1) is 11.3 Å². The number of aromatic nitrogens is 3. The predicted octanol–water partition coefficient (Wildman–Crippen LogP) is 4.76. The average Bonchev–Trinajstić information content (AvgIpc) is 3.67. The number of hydrogen-bond donors (Lipinski definition) is 1. The Morgan fingerprint density at radius 2 is 2.00 bits per heavy atom. The van der Waals surface area contributed by atoms with Gasteiger partial charge in [-0.25, -0.2) is 4.98 Å². The summed E-state index contributed by atoms with van der Waals surface area (Å²) in [6.07, 6.45) is 4.37. The highest BCUT2D eigenvalue weighted by Crippen LogP contribution is 2.34. The Hall–Kier alpha value is -3.32. The number of fused-ring (bicyclic) bond motifs is 2. The van der Waals surface area contributed by atoms with E-state index in [1.54, 1.807) is 18.5 Å². The highest BCUT2D eigenvalue weighted by atomic mass is 32.1. The van der Waals surface area contributed by atoms with Crippen LogP contribution in [0.4, 0.5) is 18.9 Å². The van der Waals surface area contributed by atoms with Crippen LogP contribution >= 0.6 is 11.3 Å². The molecule has 8 nitrogen and oxygen atoms in total. The summed E-state index contributed by atoms with van der Waals surface area (Å²) < 4.78 is 43.4. The van der Waals surface area contributed by atoms with E-state index in [9.17, 15) is 18.0 Å². The van der Waals surface area contributed by atoms with Gasteiger partial charge < -0.3 is 10.2 Å². The predicted molar refractivity (Wildman–Crippen MR) is 152 cm³/mol. The fourth-order valence-corrected chi connectivity index (χ4v) is 6.92. The Labute approximate surface area is 240 Å². The molecule has 0 spiro atoms. The first-order valence-electron chi connectivity index (χ1n) is 13.6. The van der Waals surface area contributed by atoms with Crippen LogP contribution in [-0.2, 0) is 32.2 Å². The molecule has 0 saturated carbocycles. The zero-order chi connectivity index (χ0) is 28.7. The second-order valence-electron chi connectivity index (χ2n) is 11.1. The number of nitrogens with zero attached hydrogens (tertiary/aromatic N) is 6. The minimum Gasteiger partial charge on any atom is -0.322 e. The lowest BCUT2D eigenvalue weighted by Crippen LogP contribution is -2.31. The van der Waals surface area contributed by atoms with Gasteiger partial charge in [-0.3, -0.25) is 24.0 Å². The van der Waals surface area contributed by atoms with Crippen LogP contribution in [0, 0.1) is 0 Å². The van der Waals surface area contributed by atoms with E-state index in [0.717, 1.165) is 53.9 Å². The monoisotopic (exact) mass is 583 g/mol. The first-order chi connectivity index (χ1) is 19.6. The van der Waals surface area contributed by atoms with Crippen molar-refractivity contribution in [3.05, 3.63) is 81.2 Å². The van der Waals surface area contributed by atoms with Crippen molar-refractivity contribution in [1.82, 2.24) is 29.1 Å². The fourth-order valence-electron chi connectivity index (χ4n) is 5.80. The standard InChI is InChI=1S/C29H32F3N7OS/c1-36(2)22-3-6-37(15-22)14-19-9-20(29(30,31)32)11-21(10-19)35-28(40)25-18-41-26-17-38(7-4-24(25)26)16-23-12-34-27-13-33-5-8-39(23)27/h5,8-13,18,22H,3-4,6-7,14-17H2,1-2H3,(H,35,40)/t22-/m1/s1. The molecular formula is C29H32F3N7OS. The molecule has 41 heavy (non-hydrogen) atoms. The Morgan fingerprint density at radius 1 is 1.15 bits per heavy atom. The summed E-state index contributed by atoms with van der Waals surface area (Å²) in [4.78, 5) is 29.6. The van der Waals surface area contributed by atoms with Gasteiger partial charge in [0.2, 0.25) is 0 Å². The SMILES string of the molecule is CN(C)[C@@H]1CCN(Cc2cc(NC(=O)c3csc4c3CCN(Cc3cnc5cnccn35)C4)cc(C(F)(F)F)c2)C1. The van der Waals surface area contributed by atoms with Gasteiger partial charge >= 0.3 is 6.18 Å². The van der Waals surface area contributed by atoms with Crippen molar-refractivity contribution in [2.45, 2.75) is 44.7 Å². The second-order valence-corrected chi connectivity index (χ2v) is 12.0. The van der Waals surface area contributed by atoms with Crippen LogP contribution in [0.25, 0.3) is 5.65 Å². The number of nitrogens with one attached hydrogen (secondary N) is 1. The van der Waals surface area contributed by atoms with Gasteiger partial charge in [-0.05, 0) is 56.3 Å². The first-order valence-corrected chi connectivity index (χ1v) is 14.5. The van der Waals surface area contributed by atoms with Crippen LogP contribution in [0.3, 0.4) is 0 Å². The van der Waals surface area contributed by atoms with Crippen molar-refractivity contribution < 1.29 is 18.0 Å². The normalized spacial score (nSPS) is 18.3. The molecule has 12 heteroatoms. The smallest absolute Gasteiger partial charge is 0.322 e. The molecule has 6 rings (SSSR count). The van der Waals surface area contributed by atoms with Crippen molar-refractivity contribution in [2.24, 2.45) is 0 Å². The number of alkyl halides is 3. The lowest BCUT2D eigenvalue weighted by molar-refractivity contribution is -0.137. The molecule has 1 N–H and O–H groups in total. The Morgan fingerprint density at radius 3 is 2.78 bits per heavy atom. The van der Waals surface area contributed by atoms with Crippen molar-refractivity contribution >= 4 is 28.6 Å².